The van der Waals surface area contributed by atoms with Crippen LogP contribution in [0.4, 0.5) is 10.7 Å². The zero-order valence-electron chi connectivity index (χ0n) is 15.3. The van der Waals surface area contributed by atoms with Crippen molar-refractivity contribution >= 4 is 17.9 Å². The van der Waals surface area contributed by atoms with Gasteiger partial charge in [-0.3, -0.25) is 4.79 Å². The predicted octanol–water partition coefficient (Wildman–Crippen LogP) is 1.70. The van der Waals surface area contributed by atoms with E-state index < -0.39 is 5.60 Å². The summed E-state index contributed by atoms with van der Waals surface area (Å²) in [6, 6.07) is 9.13. The highest BCUT2D eigenvalue weighted by atomic mass is 16.6. The van der Waals surface area contributed by atoms with Gasteiger partial charge in [-0.05, 0) is 25.1 Å². The molecule has 1 aromatic carbocycles. The van der Waals surface area contributed by atoms with Gasteiger partial charge in [0.2, 0.25) is 5.95 Å². The molecule has 0 saturated carbocycles. The van der Waals surface area contributed by atoms with E-state index in [1.165, 1.54) is 0 Å². The second-order valence-corrected chi connectivity index (χ2v) is 7.22. The molecule has 8 nitrogen and oxygen atoms in total. The molecule has 2 aliphatic heterocycles. The molecule has 2 aromatic rings. The Bertz CT molecular complexity index is 911. The summed E-state index contributed by atoms with van der Waals surface area (Å²) in [5, 5.41) is 0. The van der Waals surface area contributed by atoms with Gasteiger partial charge >= 0.3 is 6.09 Å². The monoisotopic (exact) mass is 367 g/mol. The summed E-state index contributed by atoms with van der Waals surface area (Å²) in [5.41, 5.74) is 7.97. The maximum absolute atomic E-state index is 13.0. The molecule has 1 aromatic heterocycles. The van der Waals surface area contributed by atoms with Crippen LogP contribution >= 0.6 is 0 Å². The minimum atomic E-state index is -0.586. The van der Waals surface area contributed by atoms with Gasteiger partial charge in [0, 0.05) is 36.8 Å². The van der Waals surface area contributed by atoms with E-state index in [1.807, 2.05) is 25.1 Å². The number of aromatic nitrogens is 2. The Morgan fingerprint density at radius 3 is 2.78 bits per heavy atom. The molecule has 0 unspecified atom stereocenters. The van der Waals surface area contributed by atoms with Crippen LogP contribution in [-0.4, -0.2) is 64.1 Å². The minimum absolute atomic E-state index is 0.0851. The van der Waals surface area contributed by atoms with E-state index in [1.54, 1.807) is 29.0 Å². The van der Waals surface area contributed by atoms with Crippen LogP contribution in [0.25, 0.3) is 11.3 Å². The number of ether oxygens (including phenoxy) is 1. The van der Waals surface area contributed by atoms with Crippen molar-refractivity contribution in [1.29, 1.82) is 0 Å². The summed E-state index contributed by atoms with van der Waals surface area (Å²) < 4.78 is 5.52. The molecule has 3 heterocycles. The first-order valence-electron chi connectivity index (χ1n) is 8.80. The largest absolute Gasteiger partial charge is 0.439 e. The predicted molar refractivity (Wildman–Crippen MR) is 99.0 cm³/mol. The van der Waals surface area contributed by atoms with Crippen LogP contribution in [0, 0.1) is 6.92 Å². The summed E-state index contributed by atoms with van der Waals surface area (Å²) in [6.45, 7) is 3.32. The molecule has 0 radical (unpaired) electrons. The molecule has 2 N–H and O–H groups in total. The number of hydrogen-bond acceptors (Lipinski definition) is 6. The smallest absolute Gasteiger partial charge is 0.410 e. The van der Waals surface area contributed by atoms with Crippen molar-refractivity contribution in [3.63, 3.8) is 0 Å². The van der Waals surface area contributed by atoms with Crippen molar-refractivity contribution < 1.29 is 14.3 Å². The van der Waals surface area contributed by atoms with Crippen LogP contribution in [0.5, 0.6) is 0 Å². The normalized spacial score (nSPS) is 21.8. The van der Waals surface area contributed by atoms with E-state index in [9.17, 15) is 9.59 Å². The highest BCUT2D eigenvalue weighted by molar-refractivity contribution is 5.95. The molecule has 2 amide bonds. The van der Waals surface area contributed by atoms with Gasteiger partial charge in [0.05, 0.1) is 18.8 Å². The van der Waals surface area contributed by atoms with E-state index in [-0.39, 0.29) is 17.9 Å². The quantitative estimate of drug-likeness (QED) is 0.867. The standard InChI is InChI=1S/C19H21N5O3/c1-12-8-15(22-17(20)21-12)13-4-3-5-14(9-13)16(25)24-7-6-19(11-24)10-23(2)18(26)27-19/h3-5,8-9H,6-7,10-11H2,1-2H3,(H2,20,21,22)/t19-/m0/s1. The molecule has 4 rings (SSSR count). The molecule has 2 aliphatic rings. The zero-order chi connectivity index (χ0) is 19.2. The first kappa shape index (κ1) is 17.3. The average Bonchev–Trinajstić information content (AvgIpc) is 3.16. The summed E-state index contributed by atoms with van der Waals surface area (Å²) in [6.07, 6.45) is 0.318. The molecule has 0 bridgehead atoms. The van der Waals surface area contributed by atoms with Crippen molar-refractivity contribution in [2.24, 2.45) is 0 Å². The number of carbonyl (C=O) groups is 2. The van der Waals surface area contributed by atoms with Crippen LogP contribution in [0.3, 0.4) is 0 Å². The molecule has 2 fully saturated rings. The number of amides is 2. The van der Waals surface area contributed by atoms with Crippen molar-refractivity contribution in [2.45, 2.75) is 18.9 Å². The second kappa shape index (κ2) is 6.22. The summed E-state index contributed by atoms with van der Waals surface area (Å²) in [5.74, 6) is 0.119. The number of nitrogen functional groups attached to an aromatic ring is 1. The molecule has 1 atom stereocenters. The number of likely N-dealkylation sites (N-methyl/N-ethyl adjacent to an activating group) is 1. The minimum Gasteiger partial charge on any atom is -0.439 e. The molecular formula is C19H21N5O3. The molecule has 1 spiro atoms. The first-order chi connectivity index (χ1) is 12.8. The number of likely N-dealkylation sites (tertiary alicyclic amines) is 1. The topological polar surface area (TPSA) is 102 Å². The highest BCUT2D eigenvalue weighted by Gasteiger charge is 2.49. The molecule has 2 saturated heterocycles. The van der Waals surface area contributed by atoms with E-state index in [0.717, 1.165) is 11.3 Å². The van der Waals surface area contributed by atoms with Crippen LogP contribution in [0.2, 0.25) is 0 Å². The third kappa shape index (κ3) is 3.18. The van der Waals surface area contributed by atoms with Crippen LogP contribution in [-0.2, 0) is 4.74 Å². The fourth-order valence-corrected chi connectivity index (χ4v) is 3.76. The number of hydrogen-bond donors (Lipinski definition) is 1. The number of benzene rings is 1. The Hall–Kier alpha value is -3.16. The molecule has 0 aliphatic carbocycles. The van der Waals surface area contributed by atoms with Gasteiger partial charge in [0.25, 0.3) is 5.91 Å². The van der Waals surface area contributed by atoms with Crippen molar-refractivity contribution in [2.75, 3.05) is 32.4 Å². The van der Waals surface area contributed by atoms with E-state index in [2.05, 4.69) is 9.97 Å². The van der Waals surface area contributed by atoms with Crippen LogP contribution < -0.4 is 5.73 Å². The number of rotatable bonds is 2. The Morgan fingerprint density at radius 2 is 2.07 bits per heavy atom. The number of carbonyl (C=O) groups excluding carboxylic acids is 2. The van der Waals surface area contributed by atoms with E-state index in [0.29, 0.717) is 37.3 Å². The van der Waals surface area contributed by atoms with Gasteiger partial charge in [-0.25, -0.2) is 14.8 Å². The third-order valence-corrected chi connectivity index (χ3v) is 5.02. The van der Waals surface area contributed by atoms with Crippen molar-refractivity contribution in [3.8, 4) is 11.3 Å². The van der Waals surface area contributed by atoms with Gasteiger partial charge in [0.1, 0.15) is 0 Å². The lowest BCUT2D eigenvalue weighted by Gasteiger charge is -2.22. The molecule has 140 valence electrons. The first-order valence-corrected chi connectivity index (χ1v) is 8.80. The SMILES string of the molecule is Cc1cc(-c2cccc(C(=O)N3CC[C@]4(CN(C)C(=O)O4)C3)c2)nc(N)n1. The number of nitrogens with zero attached hydrogens (tertiary/aromatic N) is 4. The fraction of sp³-hybridized carbons (Fsp3) is 0.368. The lowest BCUT2D eigenvalue weighted by atomic mass is 10.0. The lowest BCUT2D eigenvalue weighted by molar-refractivity contribution is 0.0553. The number of nitrogens with two attached hydrogens (primary N) is 1. The van der Waals surface area contributed by atoms with E-state index in [4.69, 9.17) is 10.5 Å². The molecule has 8 heteroatoms. The number of anilines is 1. The van der Waals surface area contributed by atoms with Gasteiger partial charge in [-0.1, -0.05) is 12.1 Å². The lowest BCUT2D eigenvalue weighted by Crippen LogP contribution is -2.39. The van der Waals surface area contributed by atoms with Gasteiger partial charge < -0.3 is 20.3 Å². The Morgan fingerprint density at radius 1 is 1.26 bits per heavy atom. The summed E-state index contributed by atoms with van der Waals surface area (Å²) >= 11 is 0. The van der Waals surface area contributed by atoms with Crippen LogP contribution in [0.1, 0.15) is 22.5 Å². The van der Waals surface area contributed by atoms with Crippen LogP contribution in [0.15, 0.2) is 30.3 Å². The van der Waals surface area contributed by atoms with Crippen molar-refractivity contribution in [1.82, 2.24) is 19.8 Å². The molecule has 27 heavy (non-hydrogen) atoms. The van der Waals surface area contributed by atoms with Crippen molar-refractivity contribution in [3.05, 3.63) is 41.6 Å². The summed E-state index contributed by atoms with van der Waals surface area (Å²) in [4.78, 5) is 36.3. The molecular weight excluding hydrogens is 346 g/mol. The third-order valence-electron chi connectivity index (χ3n) is 5.02. The van der Waals surface area contributed by atoms with Gasteiger partial charge in [-0.15, -0.1) is 0 Å². The fourth-order valence-electron chi connectivity index (χ4n) is 3.76. The summed E-state index contributed by atoms with van der Waals surface area (Å²) in [7, 11) is 1.71. The zero-order valence-corrected chi connectivity index (χ0v) is 15.3. The number of aryl methyl sites for hydroxylation is 1. The average molecular weight is 367 g/mol. The Labute approximate surface area is 156 Å². The Kier molecular flexibility index (Phi) is 3.98. The van der Waals surface area contributed by atoms with E-state index >= 15 is 0 Å². The van der Waals surface area contributed by atoms with Gasteiger partial charge in [-0.2, -0.15) is 0 Å². The maximum atomic E-state index is 13.0. The Balaban J connectivity index is 1.56. The maximum Gasteiger partial charge on any atom is 0.410 e. The van der Waals surface area contributed by atoms with Gasteiger partial charge in [0.15, 0.2) is 5.60 Å². The second-order valence-electron chi connectivity index (χ2n) is 7.22. The highest BCUT2D eigenvalue weighted by Crippen LogP contribution is 2.32.